The third-order valence-corrected chi connectivity index (χ3v) is 5.66. The van der Waals surface area contributed by atoms with E-state index in [2.05, 4.69) is 4.98 Å². The van der Waals surface area contributed by atoms with E-state index >= 15 is 0 Å². The van der Waals surface area contributed by atoms with Gasteiger partial charge in [0.2, 0.25) is 5.91 Å². The number of nitrogens with zero attached hydrogens (tertiary/aromatic N) is 2. The molecule has 5 nitrogen and oxygen atoms in total. The molecule has 0 saturated carbocycles. The molecule has 1 atom stereocenters. The standard InChI is InChI=1S/C22H25ClN2O3/c23-18-13-16(14-20-22(18)28-12-4-11-27-20)15-21(26)25-10-3-1-2-5-19(25)17-6-8-24-9-7-17/h6-9,13-14,19H,1-5,10-12,15H2/t19-/m0/s1. The molecule has 2 aliphatic rings. The maximum Gasteiger partial charge on any atom is 0.227 e. The van der Waals surface area contributed by atoms with Gasteiger partial charge in [-0.3, -0.25) is 9.78 Å². The number of benzene rings is 1. The summed E-state index contributed by atoms with van der Waals surface area (Å²) in [6, 6.07) is 7.85. The first kappa shape index (κ1) is 19.1. The van der Waals surface area contributed by atoms with Crippen molar-refractivity contribution in [3.05, 3.63) is 52.8 Å². The van der Waals surface area contributed by atoms with Crippen LogP contribution in [0.25, 0.3) is 0 Å². The molecule has 2 aromatic rings. The first-order chi connectivity index (χ1) is 13.7. The molecular weight excluding hydrogens is 376 g/mol. The van der Waals surface area contributed by atoms with Gasteiger partial charge < -0.3 is 14.4 Å². The zero-order valence-electron chi connectivity index (χ0n) is 15.9. The molecule has 0 unspecified atom stereocenters. The van der Waals surface area contributed by atoms with Crippen molar-refractivity contribution >= 4 is 17.5 Å². The molecule has 1 aromatic heterocycles. The Balaban J connectivity index is 1.56. The van der Waals surface area contributed by atoms with E-state index in [1.807, 2.05) is 29.2 Å². The van der Waals surface area contributed by atoms with E-state index in [1.165, 1.54) is 0 Å². The van der Waals surface area contributed by atoms with Gasteiger partial charge in [-0.05, 0) is 48.2 Å². The van der Waals surface area contributed by atoms with Crippen molar-refractivity contribution in [1.29, 1.82) is 0 Å². The van der Waals surface area contributed by atoms with Gasteiger partial charge in [-0.25, -0.2) is 0 Å². The van der Waals surface area contributed by atoms with Crippen molar-refractivity contribution in [3.8, 4) is 11.5 Å². The number of likely N-dealkylation sites (tertiary alicyclic amines) is 1. The number of fused-ring (bicyclic) bond motifs is 1. The van der Waals surface area contributed by atoms with Crippen LogP contribution in [0.5, 0.6) is 11.5 Å². The number of hydrogen-bond donors (Lipinski definition) is 0. The van der Waals surface area contributed by atoms with Crippen molar-refractivity contribution in [2.75, 3.05) is 19.8 Å². The number of halogens is 1. The summed E-state index contributed by atoms with van der Waals surface area (Å²) >= 11 is 6.40. The van der Waals surface area contributed by atoms with E-state index in [1.54, 1.807) is 12.4 Å². The summed E-state index contributed by atoms with van der Waals surface area (Å²) in [6.45, 7) is 1.97. The van der Waals surface area contributed by atoms with Crippen LogP contribution in [-0.2, 0) is 11.2 Å². The van der Waals surface area contributed by atoms with Crippen LogP contribution in [0.4, 0.5) is 0 Å². The Labute approximate surface area is 170 Å². The Morgan fingerprint density at radius 3 is 2.79 bits per heavy atom. The SMILES string of the molecule is O=C(Cc1cc(Cl)c2c(c1)OCCCO2)N1CCCCC[C@H]1c1ccncc1. The minimum absolute atomic E-state index is 0.105. The summed E-state index contributed by atoms with van der Waals surface area (Å²) in [5, 5.41) is 0.503. The lowest BCUT2D eigenvalue weighted by Crippen LogP contribution is -2.35. The van der Waals surface area contributed by atoms with Crippen molar-refractivity contribution in [2.24, 2.45) is 0 Å². The van der Waals surface area contributed by atoms with Crippen molar-refractivity contribution in [3.63, 3.8) is 0 Å². The van der Waals surface area contributed by atoms with Gasteiger partial charge in [0, 0.05) is 25.4 Å². The highest BCUT2D eigenvalue weighted by molar-refractivity contribution is 6.32. The molecule has 0 radical (unpaired) electrons. The summed E-state index contributed by atoms with van der Waals surface area (Å²) in [7, 11) is 0. The molecule has 1 amide bonds. The average molecular weight is 401 g/mol. The second-order valence-electron chi connectivity index (χ2n) is 7.36. The molecule has 3 heterocycles. The number of carbonyl (C=O) groups excluding carboxylic acids is 1. The maximum atomic E-state index is 13.2. The van der Waals surface area contributed by atoms with Gasteiger partial charge in [0.1, 0.15) is 0 Å². The first-order valence-electron chi connectivity index (χ1n) is 10.00. The topological polar surface area (TPSA) is 51.7 Å². The zero-order valence-corrected chi connectivity index (χ0v) is 16.7. The van der Waals surface area contributed by atoms with E-state index in [0.717, 1.165) is 49.8 Å². The zero-order chi connectivity index (χ0) is 19.3. The first-order valence-corrected chi connectivity index (χ1v) is 10.4. The second-order valence-corrected chi connectivity index (χ2v) is 7.77. The lowest BCUT2D eigenvalue weighted by molar-refractivity contribution is -0.132. The molecule has 0 bridgehead atoms. The smallest absolute Gasteiger partial charge is 0.227 e. The summed E-state index contributed by atoms with van der Waals surface area (Å²) < 4.78 is 11.5. The molecule has 4 rings (SSSR count). The highest BCUT2D eigenvalue weighted by atomic mass is 35.5. The molecule has 6 heteroatoms. The van der Waals surface area contributed by atoms with Crippen molar-refractivity contribution in [1.82, 2.24) is 9.88 Å². The van der Waals surface area contributed by atoms with Crippen LogP contribution in [-0.4, -0.2) is 35.5 Å². The van der Waals surface area contributed by atoms with Crippen LogP contribution in [0.1, 0.15) is 49.3 Å². The molecule has 0 spiro atoms. The van der Waals surface area contributed by atoms with Crippen LogP contribution >= 0.6 is 11.6 Å². The fourth-order valence-electron chi connectivity index (χ4n) is 4.00. The van der Waals surface area contributed by atoms with Crippen LogP contribution < -0.4 is 9.47 Å². The molecule has 1 fully saturated rings. The number of ether oxygens (including phenoxy) is 2. The number of rotatable bonds is 3. The molecule has 1 aromatic carbocycles. The van der Waals surface area contributed by atoms with Crippen LogP contribution in [0, 0.1) is 0 Å². The molecule has 2 aliphatic heterocycles. The Hall–Kier alpha value is -2.27. The number of aromatic nitrogens is 1. The Morgan fingerprint density at radius 1 is 1.11 bits per heavy atom. The Kier molecular flexibility index (Phi) is 6.01. The molecule has 148 valence electrons. The Morgan fingerprint density at radius 2 is 1.93 bits per heavy atom. The Bertz CT molecular complexity index is 828. The van der Waals surface area contributed by atoms with Gasteiger partial charge in [0.25, 0.3) is 0 Å². The monoisotopic (exact) mass is 400 g/mol. The van der Waals surface area contributed by atoms with Gasteiger partial charge in [-0.15, -0.1) is 0 Å². The predicted molar refractivity (Wildman–Crippen MR) is 108 cm³/mol. The summed E-state index contributed by atoms with van der Waals surface area (Å²) in [5.41, 5.74) is 2.01. The summed E-state index contributed by atoms with van der Waals surface area (Å²) in [6.07, 6.45) is 9.03. The fourth-order valence-corrected chi connectivity index (χ4v) is 4.29. The molecule has 1 saturated heterocycles. The summed E-state index contributed by atoms with van der Waals surface area (Å²) in [5.74, 6) is 1.34. The predicted octanol–water partition coefficient (Wildman–Crippen LogP) is 4.58. The molecular formula is C22H25ClN2O3. The summed E-state index contributed by atoms with van der Waals surface area (Å²) in [4.78, 5) is 19.4. The van der Waals surface area contributed by atoms with Crippen LogP contribution in [0.15, 0.2) is 36.7 Å². The lowest BCUT2D eigenvalue weighted by atomic mass is 10.0. The second kappa shape index (κ2) is 8.82. The lowest BCUT2D eigenvalue weighted by Gasteiger charge is -2.30. The average Bonchev–Trinajstić information content (AvgIpc) is 3.09. The van der Waals surface area contributed by atoms with Crippen molar-refractivity contribution < 1.29 is 14.3 Å². The number of hydrogen-bond acceptors (Lipinski definition) is 4. The maximum absolute atomic E-state index is 13.2. The van der Waals surface area contributed by atoms with E-state index in [0.29, 0.717) is 36.2 Å². The van der Waals surface area contributed by atoms with Gasteiger partial charge in [0.05, 0.1) is 30.7 Å². The third-order valence-electron chi connectivity index (χ3n) is 5.38. The third kappa shape index (κ3) is 4.25. The van der Waals surface area contributed by atoms with Crippen LogP contribution in [0.3, 0.4) is 0 Å². The van der Waals surface area contributed by atoms with E-state index in [-0.39, 0.29) is 11.9 Å². The number of pyridine rings is 1. The van der Waals surface area contributed by atoms with E-state index < -0.39 is 0 Å². The van der Waals surface area contributed by atoms with Gasteiger partial charge in [0.15, 0.2) is 11.5 Å². The minimum atomic E-state index is 0.105. The van der Waals surface area contributed by atoms with Crippen LogP contribution in [0.2, 0.25) is 5.02 Å². The molecule has 0 N–H and O–H groups in total. The van der Waals surface area contributed by atoms with Crippen molar-refractivity contribution in [2.45, 2.75) is 44.6 Å². The largest absolute Gasteiger partial charge is 0.489 e. The van der Waals surface area contributed by atoms with E-state index in [9.17, 15) is 4.79 Å². The highest BCUT2D eigenvalue weighted by Gasteiger charge is 2.27. The van der Waals surface area contributed by atoms with Gasteiger partial charge in [-0.2, -0.15) is 0 Å². The number of amides is 1. The molecule has 0 aliphatic carbocycles. The highest BCUT2D eigenvalue weighted by Crippen LogP contribution is 2.38. The van der Waals surface area contributed by atoms with Gasteiger partial charge in [-0.1, -0.05) is 24.4 Å². The normalized spacial score (nSPS) is 19.6. The van der Waals surface area contributed by atoms with E-state index in [4.69, 9.17) is 21.1 Å². The quantitative estimate of drug-likeness (QED) is 0.756. The number of carbonyl (C=O) groups is 1. The fraction of sp³-hybridized carbons (Fsp3) is 0.455. The minimum Gasteiger partial charge on any atom is -0.489 e. The molecule has 28 heavy (non-hydrogen) atoms. The van der Waals surface area contributed by atoms with Gasteiger partial charge >= 0.3 is 0 Å².